The first-order valence-electron chi connectivity index (χ1n) is 6.09. The Labute approximate surface area is 112 Å². The molecule has 0 amide bonds. The highest BCUT2D eigenvalue weighted by molar-refractivity contribution is 7.99. The Balaban J connectivity index is 2.46. The molecule has 1 aliphatic rings. The van der Waals surface area contributed by atoms with Crippen molar-refractivity contribution in [2.45, 2.75) is 37.5 Å². The summed E-state index contributed by atoms with van der Waals surface area (Å²) in [6.45, 7) is 6.36. The van der Waals surface area contributed by atoms with Crippen molar-refractivity contribution in [1.82, 2.24) is 0 Å². The molecule has 1 N–H and O–H groups in total. The van der Waals surface area contributed by atoms with Gasteiger partial charge in [0.1, 0.15) is 0 Å². The van der Waals surface area contributed by atoms with Crippen LogP contribution in [-0.2, 0) is 10.2 Å². The van der Waals surface area contributed by atoms with E-state index in [1.807, 2.05) is 24.8 Å². The van der Waals surface area contributed by atoms with E-state index in [2.05, 4.69) is 26.0 Å². The Kier molecular flexibility index (Phi) is 3.53. The third-order valence-corrected chi connectivity index (χ3v) is 4.56. The van der Waals surface area contributed by atoms with E-state index in [1.165, 1.54) is 16.5 Å². The monoisotopic (exact) mass is 262 g/mol. The fourth-order valence-corrected chi connectivity index (χ4v) is 3.74. The summed E-state index contributed by atoms with van der Waals surface area (Å²) in [7, 11) is 0. The number of hydrogen-bond donors (Lipinski definition) is 1. The first kappa shape index (κ1) is 13.2. The van der Waals surface area contributed by atoms with Gasteiger partial charge in [-0.2, -0.15) is 0 Å². The van der Waals surface area contributed by atoms with Crippen LogP contribution in [0.1, 0.15) is 38.3 Å². The molecule has 1 aliphatic heterocycles. The van der Waals surface area contributed by atoms with Gasteiger partial charge in [0, 0.05) is 11.0 Å². The standard InChI is InChI=1S/C15H18O2S/c1-10(8-14(16)17)11-4-5-13-12(9-11)15(2,3)6-7-18-13/h4-5,8-9H,6-7H2,1-3H3,(H,16,17). The average Bonchev–Trinajstić information content (AvgIpc) is 2.27. The summed E-state index contributed by atoms with van der Waals surface area (Å²) in [6.07, 6.45) is 2.43. The van der Waals surface area contributed by atoms with E-state index < -0.39 is 5.97 Å². The number of hydrogen-bond acceptors (Lipinski definition) is 2. The lowest BCUT2D eigenvalue weighted by atomic mass is 9.80. The minimum Gasteiger partial charge on any atom is -0.478 e. The number of carboxylic acid groups (broad SMARTS) is 1. The molecular formula is C15H18O2S. The zero-order valence-electron chi connectivity index (χ0n) is 11.0. The van der Waals surface area contributed by atoms with Crippen LogP contribution in [0.25, 0.3) is 5.57 Å². The van der Waals surface area contributed by atoms with E-state index >= 15 is 0 Å². The summed E-state index contributed by atoms with van der Waals surface area (Å²) >= 11 is 1.89. The van der Waals surface area contributed by atoms with Crippen molar-refractivity contribution >= 4 is 23.3 Å². The Morgan fingerprint density at radius 3 is 2.83 bits per heavy atom. The lowest BCUT2D eigenvalue weighted by Crippen LogP contribution is -2.22. The van der Waals surface area contributed by atoms with Gasteiger partial charge < -0.3 is 5.11 Å². The second-order valence-electron chi connectivity index (χ2n) is 5.36. The van der Waals surface area contributed by atoms with Gasteiger partial charge in [-0.1, -0.05) is 19.9 Å². The van der Waals surface area contributed by atoms with Crippen LogP contribution in [0.2, 0.25) is 0 Å². The molecule has 0 saturated heterocycles. The number of allylic oxidation sites excluding steroid dienone is 1. The Hall–Kier alpha value is -1.22. The molecule has 0 aliphatic carbocycles. The summed E-state index contributed by atoms with van der Waals surface area (Å²) in [5.41, 5.74) is 3.33. The summed E-state index contributed by atoms with van der Waals surface area (Å²) in [6, 6.07) is 6.29. The van der Waals surface area contributed by atoms with Gasteiger partial charge in [0.05, 0.1) is 0 Å². The molecule has 2 rings (SSSR count). The third kappa shape index (κ3) is 2.61. The normalized spacial score (nSPS) is 18.3. The maximum Gasteiger partial charge on any atom is 0.328 e. The average molecular weight is 262 g/mol. The van der Waals surface area contributed by atoms with Crippen molar-refractivity contribution in [1.29, 1.82) is 0 Å². The van der Waals surface area contributed by atoms with Crippen LogP contribution >= 0.6 is 11.8 Å². The SMILES string of the molecule is CC(=CC(=O)O)c1ccc2c(c1)C(C)(C)CCS2. The lowest BCUT2D eigenvalue weighted by molar-refractivity contribution is -0.131. The quantitative estimate of drug-likeness (QED) is 0.820. The highest BCUT2D eigenvalue weighted by Gasteiger charge is 2.27. The highest BCUT2D eigenvalue weighted by Crippen LogP contribution is 2.42. The number of benzene rings is 1. The van der Waals surface area contributed by atoms with Gasteiger partial charge in [0.25, 0.3) is 0 Å². The van der Waals surface area contributed by atoms with Gasteiger partial charge in [-0.25, -0.2) is 4.79 Å². The molecule has 0 fully saturated rings. The second-order valence-corrected chi connectivity index (χ2v) is 6.50. The third-order valence-electron chi connectivity index (χ3n) is 3.49. The zero-order valence-corrected chi connectivity index (χ0v) is 11.8. The maximum absolute atomic E-state index is 10.7. The van der Waals surface area contributed by atoms with Gasteiger partial charge >= 0.3 is 5.97 Å². The molecule has 96 valence electrons. The number of carbonyl (C=O) groups is 1. The van der Waals surface area contributed by atoms with Crippen LogP contribution in [0.4, 0.5) is 0 Å². The molecule has 1 heterocycles. The van der Waals surface area contributed by atoms with Gasteiger partial charge in [-0.05, 0) is 53.3 Å². The number of aliphatic carboxylic acids is 1. The van der Waals surface area contributed by atoms with E-state index in [-0.39, 0.29) is 5.41 Å². The van der Waals surface area contributed by atoms with Crippen molar-refractivity contribution in [3.63, 3.8) is 0 Å². The Morgan fingerprint density at radius 2 is 2.17 bits per heavy atom. The zero-order chi connectivity index (χ0) is 13.3. The minimum absolute atomic E-state index is 0.181. The Bertz CT molecular complexity index is 515. The molecule has 1 aromatic rings. The van der Waals surface area contributed by atoms with Gasteiger partial charge in [-0.3, -0.25) is 0 Å². The van der Waals surface area contributed by atoms with Crippen molar-refractivity contribution in [3.05, 3.63) is 35.4 Å². The molecule has 0 atom stereocenters. The molecule has 3 heteroatoms. The van der Waals surface area contributed by atoms with Crippen molar-refractivity contribution < 1.29 is 9.90 Å². The van der Waals surface area contributed by atoms with Crippen LogP contribution in [0.5, 0.6) is 0 Å². The Morgan fingerprint density at radius 1 is 1.44 bits per heavy atom. The molecule has 1 aromatic carbocycles. The number of thioether (sulfide) groups is 1. The van der Waals surface area contributed by atoms with Crippen molar-refractivity contribution in [2.24, 2.45) is 0 Å². The van der Waals surface area contributed by atoms with Crippen molar-refractivity contribution in [2.75, 3.05) is 5.75 Å². The minimum atomic E-state index is -0.890. The topological polar surface area (TPSA) is 37.3 Å². The van der Waals surface area contributed by atoms with Crippen molar-refractivity contribution in [3.8, 4) is 0 Å². The molecule has 0 aromatic heterocycles. The predicted octanol–water partition coefficient (Wildman–Crippen LogP) is 3.95. The molecular weight excluding hydrogens is 244 g/mol. The van der Waals surface area contributed by atoms with Crippen LogP contribution in [-0.4, -0.2) is 16.8 Å². The predicted molar refractivity (Wildman–Crippen MR) is 76.1 cm³/mol. The van der Waals surface area contributed by atoms with E-state index in [9.17, 15) is 4.79 Å². The van der Waals surface area contributed by atoms with Gasteiger partial charge in [0.2, 0.25) is 0 Å². The summed E-state index contributed by atoms with van der Waals surface area (Å²) in [4.78, 5) is 12.1. The van der Waals surface area contributed by atoms with E-state index in [1.54, 1.807) is 0 Å². The van der Waals surface area contributed by atoms with E-state index in [0.717, 1.165) is 23.3 Å². The number of carboxylic acids is 1. The molecule has 0 saturated carbocycles. The molecule has 0 bridgehead atoms. The fourth-order valence-electron chi connectivity index (χ4n) is 2.25. The fraction of sp³-hybridized carbons (Fsp3) is 0.400. The van der Waals surface area contributed by atoms with Crippen LogP contribution in [0.3, 0.4) is 0 Å². The van der Waals surface area contributed by atoms with Crippen LogP contribution in [0, 0.1) is 0 Å². The molecule has 2 nitrogen and oxygen atoms in total. The molecule has 18 heavy (non-hydrogen) atoms. The summed E-state index contributed by atoms with van der Waals surface area (Å²) < 4.78 is 0. The number of fused-ring (bicyclic) bond motifs is 1. The smallest absolute Gasteiger partial charge is 0.328 e. The summed E-state index contributed by atoms with van der Waals surface area (Å²) in [5.74, 6) is 0.266. The summed E-state index contributed by atoms with van der Waals surface area (Å²) in [5, 5.41) is 8.81. The van der Waals surface area contributed by atoms with E-state index in [4.69, 9.17) is 5.11 Å². The number of rotatable bonds is 2. The largest absolute Gasteiger partial charge is 0.478 e. The maximum atomic E-state index is 10.7. The van der Waals surface area contributed by atoms with Crippen LogP contribution in [0.15, 0.2) is 29.2 Å². The molecule has 0 radical (unpaired) electrons. The highest BCUT2D eigenvalue weighted by atomic mass is 32.2. The molecule has 0 unspecified atom stereocenters. The molecule has 0 spiro atoms. The van der Waals surface area contributed by atoms with Gasteiger partial charge in [-0.15, -0.1) is 11.8 Å². The van der Waals surface area contributed by atoms with E-state index in [0.29, 0.717) is 0 Å². The second kappa shape index (κ2) is 4.81. The van der Waals surface area contributed by atoms with Crippen LogP contribution < -0.4 is 0 Å². The first-order valence-corrected chi connectivity index (χ1v) is 7.08. The first-order chi connectivity index (χ1) is 8.40. The van der Waals surface area contributed by atoms with Gasteiger partial charge in [0.15, 0.2) is 0 Å². The lowest BCUT2D eigenvalue weighted by Gasteiger charge is -2.32.